The van der Waals surface area contributed by atoms with Crippen molar-refractivity contribution in [1.82, 2.24) is 10.2 Å². The van der Waals surface area contributed by atoms with Crippen LogP contribution in [-0.2, 0) is 11.3 Å². The van der Waals surface area contributed by atoms with Crippen LogP contribution in [0.3, 0.4) is 0 Å². The lowest BCUT2D eigenvalue weighted by Crippen LogP contribution is -2.36. The molecule has 0 fully saturated rings. The lowest BCUT2D eigenvalue weighted by atomic mass is 10.2. The van der Waals surface area contributed by atoms with Gasteiger partial charge in [0.1, 0.15) is 11.3 Å². The number of benzene rings is 2. The van der Waals surface area contributed by atoms with E-state index in [4.69, 9.17) is 4.42 Å². The van der Waals surface area contributed by atoms with Crippen molar-refractivity contribution in [3.63, 3.8) is 0 Å². The second-order valence-electron chi connectivity index (χ2n) is 6.13. The number of carbonyl (C=O) groups excluding carboxylic acids is 1. The van der Waals surface area contributed by atoms with Gasteiger partial charge < -0.3 is 9.73 Å². The Morgan fingerprint density at radius 2 is 1.83 bits per heavy atom. The number of rotatable bonds is 6. The molecule has 4 nitrogen and oxygen atoms in total. The molecule has 0 aliphatic carbocycles. The standard InChI is InChI=1S/C20H22N2O2/c1-15(19-12-17-10-6-7-11-18(17)24-19)21-20(23)14-22(2)13-16-8-4-3-5-9-16/h3-12,15H,13-14H2,1-2H3,(H,21,23). The predicted octanol–water partition coefficient (Wildman–Crippen LogP) is 3.74. The third-order valence-electron chi connectivity index (χ3n) is 3.96. The Labute approximate surface area is 142 Å². The molecule has 1 amide bonds. The highest BCUT2D eigenvalue weighted by Gasteiger charge is 2.15. The Kier molecular flexibility index (Phi) is 4.96. The summed E-state index contributed by atoms with van der Waals surface area (Å²) in [6.07, 6.45) is 0. The lowest BCUT2D eigenvalue weighted by molar-refractivity contribution is -0.122. The molecule has 1 heterocycles. The molecule has 1 aromatic heterocycles. The van der Waals surface area contributed by atoms with E-state index in [1.807, 2.05) is 67.4 Å². The third-order valence-corrected chi connectivity index (χ3v) is 3.96. The molecule has 1 atom stereocenters. The van der Waals surface area contributed by atoms with E-state index in [0.717, 1.165) is 23.3 Å². The molecule has 0 spiro atoms. The van der Waals surface area contributed by atoms with E-state index in [1.54, 1.807) is 0 Å². The number of furan rings is 1. The van der Waals surface area contributed by atoms with Gasteiger partial charge in [-0.1, -0.05) is 48.5 Å². The molecule has 2 aromatic carbocycles. The van der Waals surface area contributed by atoms with Gasteiger partial charge in [0, 0.05) is 11.9 Å². The van der Waals surface area contributed by atoms with Crippen molar-refractivity contribution in [3.05, 3.63) is 72.0 Å². The fraction of sp³-hybridized carbons (Fsp3) is 0.250. The molecule has 4 heteroatoms. The van der Waals surface area contributed by atoms with Crippen LogP contribution in [0.5, 0.6) is 0 Å². The number of carbonyl (C=O) groups is 1. The van der Waals surface area contributed by atoms with Crippen LogP contribution in [0.15, 0.2) is 65.1 Å². The molecular formula is C20H22N2O2. The van der Waals surface area contributed by atoms with Gasteiger partial charge in [0.05, 0.1) is 12.6 Å². The number of likely N-dealkylation sites (N-methyl/N-ethyl adjacent to an activating group) is 1. The zero-order valence-electron chi connectivity index (χ0n) is 14.0. The summed E-state index contributed by atoms with van der Waals surface area (Å²) >= 11 is 0. The number of hydrogen-bond donors (Lipinski definition) is 1. The van der Waals surface area contributed by atoms with Gasteiger partial charge in [0.2, 0.25) is 5.91 Å². The molecule has 1 N–H and O–H groups in total. The van der Waals surface area contributed by atoms with Gasteiger partial charge in [-0.15, -0.1) is 0 Å². The van der Waals surface area contributed by atoms with E-state index in [0.29, 0.717) is 6.54 Å². The maximum Gasteiger partial charge on any atom is 0.234 e. The molecule has 0 aliphatic heterocycles. The maximum atomic E-state index is 12.2. The van der Waals surface area contributed by atoms with E-state index in [2.05, 4.69) is 17.4 Å². The first-order valence-corrected chi connectivity index (χ1v) is 8.12. The Hall–Kier alpha value is -2.59. The number of nitrogens with one attached hydrogen (secondary N) is 1. The topological polar surface area (TPSA) is 45.5 Å². The van der Waals surface area contributed by atoms with Crippen molar-refractivity contribution in [2.45, 2.75) is 19.5 Å². The van der Waals surface area contributed by atoms with Crippen LogP contribution in [0.2, 0.25) is 0 Å². The number of amides is 1. The minimum Gasteiger partial charge on any atom is -0.459 e. The first-order valence-electron chi connectivity index (χ1n) is 8.12. The molecule has 0 aliphatic rings. The maximum absolute atomic E-state index is 12.2. The smallest absolute Gasteiger partial charge is 0.234 e. The average Bonchev–Trinajstić information content (AvgIpc) is 2.99. The normalized spacial score (nSPS) is 12.5. The van der Waals surface area contributed by atoms with Crippen molar-refractivity contribution in [1.29, 1.82) is 0 Å². The molecule has 0 saturated carbocycles. The highest BCUT2D eigenvalue weighted by atomic mass is 16.3. The van der Waals surface area contributed by atoms with Gasteiger partial charge in [-0.25, -0.2) is 0 Å². The largest absolute Gasteiger partial charge is 0.459 e. The second kappa shape index (κ2) is 7.32. The van der Waals surface area contributed by atoms with Crippen LogP contribution in [0.25, 0.3) is 11.0 Å². The Morgan fingerprint density at radius 3 is 2.58 bits per heavy atom. The van der Waals surface area contributed by atoms with Gasteiger partial charge in [0.15, 0.2) is 0 Å². The zero-order chi connectivity index (χ0) is 16.9. The van der Waals surface area contributed by atoms with Crippen LogP contribution in [-0.4, -0.2) is 24.4 Å². The summed E-state index contributed by atoms with van der Waals surface area (Å²) in [5.74, 6) is 0.761. The number of para-hydroxylation sites is 1. The summed E-state index contributed by atoms with van der Waals surface area (Å²) in [6.45, 7) is 3.03. The minimum absolute atomic E-state index is 0.0126. The molecule has 0 bridgehead atoms. The zero-order valence-corrected chi connectivity index (χ0v) is 14.0. The van der Waals surface area contributed by atoms with Crippen molar-refractivity contribution in [2.24, 2.45) is 0 Å². The average molecular weight is 322 g/mol. The highest BCUT2D eigenvalue weighted by molar-refractivity contribution is 5.80. The van der Waals surface area contributed by atoms with E-state index in [-0.39, 0.29) is 11.9 Å². The Morgan fingerprint density at radius 1 is 1.12 bits per heavy atom. The van der Waals surface area contributed by atoms with Gasteiger partial charge in [-0.2, -0.15) is 0 Å². The van der Waals surface area contributed by atoms with Crippen LogP contribution in [0.1, 0.15) is 24.3 Å². The Balaban J connectivity index is 1.55. The molecular weight excluding hydrogens is 300 g/mol. The van der Waals surface area contributed by atoms with Gasteiger partial charge >= 0.3 is 0 Å². The molecule has 1 unspecified atom stereocenters. The summed E-state index contributed by atoms with van der Waals surface area (Å²) in [5, 5.41) is 4.05. The number of nitrogens with zero attached hydrogens (tertiary/aromatic N) is 1. The summed E-state index contributed by atoms with van der Waals surface area (Å²) in [5.41, 5.74) is 2.04. The molecule has 0 saturated heterocycles. The van der Waals surface area contributed by atoms with Gasteiger partial charge in [-0.3, -0.25) is 9.69 Å². The van der Waals surface area contributed by atoms with Crippen molar-refractivity contribution >= 4 is 16.9 Å². The lowest BCUT2D eigenvalue weighted by Gasteiger charge is -2.18. The highest BCUT2D eigenvalue weighted by Crippen LogP contribution is 2.23. The van der Waals surface area contributed by atoms with Crippen LogP contribution >= 0.6 is 0 Å². The van der Waals surface area contributed by atoms with E-state index in [1.165, 1.54) is 5.56 Å². The number of fused-ring (bicyclic) bond motifs is 1. The molecule has 124 valence electrons. The first kappa shape index (κ1) is 16.3. The van der Waals surface area contributed by atoms with E-state index in [9.17, 15) is 4.79 Å². The van der Waals surface area contributed by atoms with E-state index >= 15 is 0 Å². The van der Waals surface area contributed by atoms with Crippen molar-refractivity contribution in [2.75, 3.05) is 13.6 Å². The monoisotopic (exact) mass is 322 g/mol. The molecule has 3 rings (SSSR count). The third kappa shape index (κ3) is 4.03. The van der Waals surface area contributed by atoms with Crippen LogP contribution in [0, 0.1) is 0 Å². The first-order chi connectivity index (χ1) is 11.6. The minimum atomic E-state index is -0.157. The predicted molar refractivity (Wildman–Crippen MR) is 95.5 cm³/mol. The summed E-state index contributed by atoms with van der Waals surface area (Å²) in [7, 11) is 1.94. The molecule has 0 radical (unpaired) electrons. The second-order valence-corrected chi connectivity index (χ2v) is 6.13. The van der Waals surface area contributed by atoms with Crippen molar-refractivity contribution in [3.8, 4) is 0 Å². The summed E-state index contributed by atoms with van der Waals surface area (Å²) in [4.78, 5) is 14.2. The van der Waals surface area contributed by atoms with E-state index < -0.39 is 0 Å². The van der Waals surface area contributed by atoms with Crippen LogP contribution < -0.4 is 5.32 Å². The fourth-order valence-corrected chi connectivity index (χ4v) is 2.77. The summed E-state index contributed by atoms with van der Waals surface area (Å²) < 4.78 is 5.80. The van der Waals surface area contributed by atoms with Crippen molar-refractivity contribution < 1.29 is 9.21 Å². The molecule has 3 aromatic rings. The molecule has 24 heavy (non-hydrogen) atoms. The quantitative estimate of drug-likeness (QED) is 0.752. The fourth-order valence-electron chi connectivity index (χ4n) is 2.77. The van der Waals surface area contributed by atoms with Gasteiger partial charge in [-0.05, 0) is 31.7 Å². The number of hydrogen-bond acceptors (Lipinski definition) is 3. The Bertz CT molecular complexity index is 778. The summed E-state index contributed by atoms with van der Waals surface area (Å²) in [6, 6.07) is 19.8. The SMILES string of the molecule is CC(NC(=O)CN(C)Cc1ccccc1)c1cc2ccccc2o1. The van der Waals surface area contributed by atoms with Crippen LogP contribution in [0.4, 0.5) is 0 Å². The van der Waals surface area contributed by atoms with Gasteiger partial charge in [0.25, 0.3) is 0 Å².